The molecule has 0 aliphatic carbocycles. The topological polar surface area (TPSA) is 75.7 Å². The molecule has 0 radical (unpaired) electrons. The van der Waals surface area contributed by atoms with Gasteiger partial charge in [-0.1, -0.05) is 26.8 Å². The van der Waals surface area contributed by atoms with E-state index in [1.165, 1.54) is 19.3 Å². The number of carbonyl (C=O) groups is 1. The van der Waals surface area contributed by atoms with Crippen LogP contribution in [0.3, 0.4) is 0 Å². The van der Waals surface area contributed by atoms with Crippen molar-refractivity contribution in [2.45, 2.75) is 32.1 Å². The fourth-order valence-corrected chi connectivity index (χ4v) is 3.37. The molecule has 0 saturated carbocycles. The lowest BCUT2D eigenvalue weighted by molar-refractivity contribution is -0.124. The van der Waals surface area contributed by atoms with Gasteiger partial charge in [0.2, 0.25) is 15.9 Å². The first-order chi connectivity index (χ1) is 11.7. The Hall–Kier alpha value is -1.86. The van der Waals surface area contributed by atoms with Crippen molar-refractivity contribution < 1.29 is 17.9 Å². The number of sulfonamides is 1. The van der Waals surface area contributed by atoms with Crippen LogP contribution in [-0.4, -0.2) is 46.5 Å². The molecular weight excluding hydrogens is 340 g/mol. The predicted octanol–water partition coefficient (Wildman–Crippen LogP) is 2.51. The lowest BCUT2D eigenvalue weighted by atomic mass is 10.1. The molecule has 0 atom stereocenters. The van der Waals surface area contributed by atoms with E-state index in [-0.39, 0.29) is 23.1 Å². The van der Waals surface area contributed by atoms with Crippen molar-refractivity contribution in [1.29, 1.82) is 0 Å². The first-order valence-corrected chi connectivity index (χ1v) is 9.80. The summed E-state index contributed by atoms with van der Waals surface area (Å²) in [5.41, 5.74) is 0.614. The van der Waals surface area contributed by atoms with Gasteiger partial charge in [-0.25, -0.2) is 13.1 Å². The molecule has 0 fully saturated rings. The van der Waals surface area contributed by atoms with Gasteiger partial charge < -0.3 is 9.64 Å². The number of benzene rings is 1. The molecule has 0 bridgehead atoms. The third-order valence-corrected chi connectivity index (χ3v) is 5.21. The molecule has 1 N–H and O–H groups in total. The molecule has 0 aliphatic rings. The highest BCUT2D eigenvalue weighted by Gasteiger charge is 2.18. The molecule has 6 nitrogen and oxygen atoms in total. The highest BCUT2D eigenvalue weighted by atomic mass is 32.2. The minimum absolute atomic E-state index is 0.0552. The number of hydrogen-bond donors (Lipinski definition) is 1. The van der Waals surface area contributed by atoms with Crippen molar-refractivity contribution in [2.75, 3.05) is 27.2 Å². The molecule has 0 aliphatic heterocycles. The maximum Gasteiger partial charge on any atom is 0.246 e. The largest absolute Gasteiger partial charge is 0.495 e. The van der Waals surface area contributed by atoms with Crippen molar-refractivity contribution in [3.63, 3.8) is 0 Å². The second-order valence-corrected chi connectivity index (χ2v) is 7.92. The van der Waals surface area contributed by atoms with Crippen LogP contribution in [-0.2, 0) is 14.8 Å². The van der Waals surface area contributed by atoms with Crippen LogP contribution in [0.15, 0.2) is 29.2 Å². The van der Waals surface area contributed by atoms with E-state index in [4.69, 9.17) is 4.74 Å². The summed E-state index contributed by atoms with van der Waals surface area (Å²) >= 11 is 0. The summed E-state index contributed by atoms with van der Waals surface area (Å²) < 4.78 is 32.1. The Morgan fingerprint density at radius 1 is 1.36 bits per heavy atom. The van der Waals surface area contributed by atoms with Crippen LogP contribution in [0.4, 0.5) is 0 Å². The monoisotopic (exact) mass is 368 g/mol. The summed E-state index contributed by atoms with van der Waals surface area (Å²) in [6.07, 6.45) is 3.99. The van der Waals surface area contributed by atoms with Gasteiger partial charge in [-0.05, 0) is 36.1 Å². The van der Waals surface area contributed by atoms with E-state index in [1.807, 2.05) is 0 Å². The number of carbonyl (C=O) groups excluding carboxylic acids is 1. The second kappa shape index (κ2) is 9.58. The number of nitrogens with zero attached hydrogens (tertiary/aromatic N) is 1. The SMILES string of the molecule is CCNS(=O)(=O)c1cc(/C=C/C(=O)N(C)CCC(C)C)ccc1OC. The molecular formula is C18H28N2O4S. The maximum atomic E-state index is 12.3. The molecule has 0 spiro atoms. The number of methoxy groups -OCH3 is 1. The molecule has 7 heteroatoms. The van der Waals surface area contributed by atoms with Gasteiger partial charge in [0.1, 0.15) is 10.6 Å². The number of amides is 1. The van der Waals surface area contributed by atoms with E-state index in [0.29, 0.717) is 18.0 Å². The molecule has 0 aromatic heterocycles. The van der Waals surface area contributed by atoms with Crippen LogP contribution in [0, 0.1) is 5.92 Å². The fourth-order valence-electron chi connectivity index (χ4n) is 2.13. The third-order valence-electron chi connectivity index (χ3n) is 3.65. The number of rotatable bonds is 9. The lowest BCUT2D eigenvalue weighted by Gasteiger charge is -2.16. The van der Waals surface area contributed by atoms with Gasteiger partial charge in [0.25, 0.3) is 0 Å². The van der Waals surface area contributed by atoms with Crippen molar-refractivity contribution in [3.8, 4) is 5.75 Å². The van der Waals surface area contributed by atoms with Gasteiger partial charge >= 0.3 is 0 Å². The van der Waals surface area contributed by atoms with E-state index in [2.05, 4.69) is 18.6 Å². The van der Waals surface area contributed by atoms with Crippen LogP contribution in [0.1, 0.15) is 32.8 Å². The summed E-state index contributed by atoms with van der Waals surface area (Å²) in [6.45, 7) is 6.89. The number of ether oxygens (including phenoxy) is 1. The van der Waals surface area contributed by atoms with E-state index in [1.54, 1.807) is 37.1 Å². The highest BCUT2D eigenvalue weighted by Crippen LogP contribution is 2.25. The Bertz CT molecular complexity index is 712. The van der Waals surface area contributed by atoms with Crippen molar-refractivity contribution in [2.24, 2.45) is 5.92 Å². The van der Waals surface area contributed by atoms with E-state index in [0.717, 1.165) is 6.42 Å². The molecule has 1 aromatic carbocycles. The average Bonchev–Trinajstić information content (AvgIpc) is 2.57. The first kappa shape index (κ1) is 21.2. The van der Waals surface area contributed by atoms with E-state index >= 15 is 0 Å². The summed E-state index contributed by atoms with van der Waals surface area (Å²) in [5, 5.41) is 0. The van der Waals surface area contributed by atoms with Gasteiger partial charge in [-0.2, -0.15) is 0 Å². The summed E-state index contributed by atoms with van der Waals surface area (Å²) in [6, 6.07) is 4.78. The third kappa shape index (κ3) is 6.51. The van der Waals surface area contributed by atoms with Crippen molar-refractivity contribution in [1.82, 2.24) is 9.62 Å². The smallest absolute Gasteiger partial charge is 0.246 e. The minimum atomic E-state index is -3.65. The van der Waals surface area contributed by atoms with Crippen molar-refractivity contribution in [3.05, 3.63) is 29.8 Å². The minimum Gasteiger partial charge on any atom is -0.495 e. The Labute approximate surface area is 150 Å². The van der Waals surface area contributed by atoms with Crippen LogP contribution in [0.5, 0.6) is 5.75 Å². The summed E-state index contributed by atoms with van der Waals surface area (Å²) in [4.78, 5) is 13.8. The molecule has 1 rings (SSSR count). The zero-order valence-corrected chi connectivity index (χ0v) is 16.4. The van der Waals surface area contributed by atoms with E-state index < -0.39 is 10.0 Å². The van der Waals surface area contributed by atoms with Gasteiger partial charge in [-0.15, -0.1) is 0 Å². The number of hydrogen-bond acceptors (Lipinski definition) is 4. The number of likely N-dealkylation sites (N-methyl/N-ethyl adjacent to an activating group) is 1. The standard InChI is InChI=1S/C18H28N2O4S/c1-6-19-25(22,23)17-13-15(7-9-16(17)24-5)8-10-18(21)20(4)12-11-14(2)3/h7-10,13-14,19H,6,11-12H2,1-5H3/b10-8+. The highest BCUT2D eigenvalue weighted by molar-refractivity contribution is 7.89. The molecule has 0 heterocycles. The van der Waals surface area contributed by atoms with Gasteiger partial charge in [-0.3, -0.25) is 4.79 Å². The van der Waals surface area contributed by atoms with Crippen LogP contribution >= 0.6 is 0 Å². The average molecular weight is 368 g/mol. The van der Waals surface area contributed by atoms with E-state index in [9.17, 15) is 13.2 Å². The molecule has 0 saturated heterocycles. The quantitative estimate of drug-likeness (QED) is 0.680. The Kier molecular flexibility index (Phi) is 8.12. The fraction of sp³-hybridized carbons (Fsp3) is 0.500. The first-order valence-electron chi connectivity index (χ1n) is 8.32. The Morgan fingerprint density at radius 2 is 2.04 bits per heavy atom. The number of nitrogens with one attached hydrogen (secondary N) is 1. The molecule has 0 unspecified atom stereocenters. The van der Waals surface area contributed by atoms with Crippen LogP contribution in [0.2, 0.25) is 0 Å². The maximum absolute atomic E-state index is 12.3. The normalized spacial score (nSPS) is 11.9. The summed E-state index contributed by atoms with van der Waals surface area (Å²) in [7, 11) is -0.479. The molecule has 140 valence electrons. The Morgan fingerprint density at radius 3 is 2.60 bits per heavy atom. The van der Waals surface area contributed by atoms with Gasteiger partial charge in [0.05, 0.1) is 7.11 Å². The molecule has 1 aromatic rings. The van der Waals surface area contributed by atoms with Crippen LogP contribution < -0.4 is 9.46 Å². The van der Waals surface area contributed by atoms with Gasteiger partial charge in [0.15, 0.2) is 0 Å². The zero-order chi connectivity index (χ0) is 19.0. The zero-order valence-electron chi connectivity index (χ0n) is 15.6. The lowest BCUT2D eigenvalue weighted by Crippen LogP contribution is -2.26. The van der Waals surface area contributed by atoms with Gasteiger partial charge in [0, 0.05) is 26.2 Å². The molecule has 25 heavy (non-hydrogen) atoms. The summed E-state index contributed by atoms with van der Waals surface area (Å²) in [5.74, 6) is 0.672. The molecule has 1 amide bonds. The second-order valence-electron chi connectivity index (χ2n) is 6.19. The van der Waals surface area contributed by atoms with Crippen LogP contribution in [0.25, 0.3) is 6.08 Å². The van der Waals surface area contributed by atoms with Crippen molar-refractivity contribution >= 4 is 22.0 Å². The predicted molar refractivity (Wildman–Crippen MR) is 100.0 cm³/mol. The Balaban J connectivity index is 2.98.